The molecule has 3 nitrogen and oxygen atoms in total. The van der Waals surface area contributed by atoms with E-state index in [1.165, 1.54) is 0 Å². The van der Waals surface area contributed by atoms with E-state index in [2.05, 4.69) is 9.47 Å². The number of carbonyl (C=O) groups excluding carboxylic acids is 1. The van der Waals surface area contributed by atoms with Crippen LogP contribution in [0.25, 0.3) is 0 Å². The van der Waals surface area contributed by atoms with Gasteiger partial charge in [-0.15, -0.1) is 0 Å². The topological polar surface area (TPSA) is 35.5 Å². The van der Waals surface area contributed by atoms with Crippen molar-refractivity contribution in [2.45, 2.75) is 30.5 Å². The van der Waals surface area contributed by atoms with Crippen LogP contribution < -0.4 is 0 Å². The van der Waals surface area contributed by atoms with E-state index in [1.54, 1.807) is 0 Å². The highest BCUT2D eigenvalue weighted by molar-refractivity contribution is 5.65. The number of halogens is 9. The minimum Gasteiger partial charge on any atom is -0.463 e. The van der Waals surface area contributed by atoms with E-state index in [-0.39, 0.29) is 0 Å². The first-order valence-electron chi connectivity index (χ1n) is 5.39. The van der Waals surface area contributed by atoms with Crippen LogP contribution in [0.15, 0.2) is 11.7 Å². The molecule has 128 valence electrons. The molecule has 0 aromatic rings. The number of carbonyl (C=O) groups is 1. The Morgan fingerprint density at radius 1 is 0.909 bits per heavy atom. The number of alkyl halides is 7. The summed E-state index contributed by atoms with van der Waals surface area (Å²) in [7, 11) is 0. The lowest BCUT2D eigenvalue weighted by Crippen LogP contribution is -2.68. The number of ether oxygens (including phenoxy) is 2. The van der Waals surface area contributed by atoms with E-state index in [9.17, 15) is 44.3 Å². The van der Waals surface area contributed by atoms with Gasteiger partial charge < -0.3 is 9.47 Å². The molecule has 0 amide bonds. The van der Waals surface area contributed by atoms with Crippen molar-refractivity contribution in [3.63, 3.8) is 0 Å². The molecule has 12 heteroatoms. The molecule has 0 fully saturated rings. The molecule has 1 atom stereocenters. The Morgan fingerprint density at radius 3 is 1.86 bits per heavy atom. The molecule has 1 aliphatic rings. The molecule has 1 rings (SSSR count). The van der Waals surface area contributed by atoms with Gasteiger partial charge in [0, 0.05) is 6.92 Å². The Kier molecular flexibility index (Phi) is 4.49. The summed E-state index contributed by atoms with van der Waals surface area (Å²) in [6.07, 6.45) is 0. The second-order valence-electron chi connectivity index (χ2n) is 4.13. The van der Waals surface area contributed by atoms with E-state index in [4.69, 9.17) is 0 Å². The lowest BCUT2D eigenvalue weighted by Gasteiger charge is -2.42. The monoisotopic (exact) mass is 346 g/mol. The summed E-state index contributed by atoms with van der Waals surface area (Å²) in [5.74, 6) is -33.0. The van der Waals surface area contributed by atoms with Gasteiger partial charge in [-0.25, -0.2) is 8.78 Å². The van der Waals surface area contributed by atoms with Crippen LogP contribution in [-0.2, 0) is 14.3 Å². The minimum absolute atomic E-state index is 0.829. The predicted octanol–water partition coefficient (Wildman–Crippen LogP) is 3.30. The van der Waals surface area contributed by atoms with E-state index in [0.29, 0.717) is 0 Å². The third kappa shape index (κ3) is 2.32. The van der Waals surface area contributed by atoms with Crippen molar-refractivity contribution < 1.29 is 53.8 Å². The predicted molar refractivity (Wildman–Crippen MR) is 50.5 cm³/mol. The molecule has 0 saturated carbocycles. The van der Waals surface area contributed by atoms with E-state index >= 15 is 0 Å². The SMILES string of the molecule is CC(=O)OCCOC1(F)C(F)=C(F)C(F)(F)C(F)(F)C1(F)F. The van der Waals surface area contributed by atoms with Gasteiger partial charge in [0.15, 0.2) is 0 Å². The van der Waals surface area contributed by atoms with Crippen molar-refractivity contribution in [2.24, 2.45) is 0 Å². The van der Waals surface area contributed by atoms with Gasteiger partial charge in [-0.3, -0.25) is 4.79 Å². The molecule has 0 N–H and O–H groups in total. The lowest BCUT2D eigenvalue weighted by atomic mass is 9.89. The van der Waals surface area contributed by atoms with Crippen LogP contribution >= 0.6 is 0 Å². The zero-order valence-corrected chi connectivity index (χ0v) is 10.5. The average Bonchev–Trinajstić information content (AvgIpc) is 2.39. The van der Waals surface area contributed by atoms with Crippen molar-refractivity contribution in [1.82, 2.24) is 0 Å². The minimum atomic E-state index is -6.60. The number of hydrogen-bond donors (Lipinski definition) is 0. The highest BCUT2D eigenvalue weighted by atomic mass is 19.4. The summed E-state index contributed by atoms with van der Waals surface area (Å²) in [6, 6.07) is 0. The van der Waals surface area contributed by atoms with Gasteiger partial charge in [0.2, 0.25) is 11.7 Å². The van der Waals surface area contributed by atoms with Crippen molar-refractivity contribution in [3.8, 4) is 0 Å². The van der Waals surface area contributed by atoms with Gasteiger partial charge in [-0.2, -0.15) is 30.7 Å². The van der Waals surface area contributed by atoms with Crippen LogP contribution in [0.1, 0.15) is 6.92 Å². The van der Waals surface area contributed by atoms with Crippen molar-refractivity contribution in [2.75, 3.05) is 13.2 Å². The van der Waals surface area contributed by atoms with Gasteiger partial charge in [-0.05, 0) is 0 Å². The first-order valence-corrected chi connectivity index (χ1v) is 5.39. The maximum absolute atomic E-state index is 13.8. The average molecular weight is 346 g/mol. The van der Waals surface area contributed by atoms with Crippen LogP contribution in [-0.4, -0.2) is 42.8 Å². The summed E-state index contributed by atoms with van der Waals surface area (Å²) >= 11 is 0. The fraction of sp³-hybridized carbons (Fsp3) is 0.700. The van der Waals surface area contributed by atoms with Crippen molar-refractivity contribution in [3.05, 3.63) is 11.7 Å². The standard InChI is InChI=1S/C10H7F9O3/c1-4(20)21-2-3-22-8(15)6(12)5(11)7(13,14)9(16,17)10(8,18)19/h2-3H2,1H3. The second-order valence-corrected chi connectivity index (χ2v) is 4.13. The molecular weight excluding hydrogens is 339 g/mol. The zero-order chi connectivity index (χ0) is 17.6. The highest BCUT2D eigenvalue weighted by Gasteiger charge is 2.87. The normalized spacial score (nSPS) is 29.4. The summed E-state index contributed by atoms with van der Waals surface area (Å²) in [6.45, 7) is -1.59. The third-order valence-corrected chi connectivity index (χ3v) is 2.63. The molecule has 0 spiro atoms. The van der Waals surface area contributed by atoms with E-state index in [1.807, 2.05) is 0 Å². The largest absolute Gasteiger partial charge is 0.463 e. The Morgan fingerprint density at radius 2 is 1.41 bits per heavy atom. The Hall–Kier alpha value is -1.46. The quantitative estimate of drug-likeness (QED) is 0.445. The molecule has 22 heavy (non-hydrogen) atoms. The zero-order valence-electron chi connectivity index (χ0n) is 10.5. The third-order valence-electron chi connectivity index (χ3n) is 2.63. The van der Waals surface area contributed by atoms with Crippen LogP contribution in [0.2, 0.25) is 0 Å². The molecule has 0 aliphatic heterocycles. The molecule has 0 bridgehead atoms. The molecular formula is C10H7F9O3. The fourth-order valence-electron chi connectivity index (χ4n) is 1.48. The molecule has 0 heterocycles. The van der Waals surface area contributed by atoms with Gasteiger partial charge in [0.05, 0.1) is 6.61 Å². The van der Waals surface area contributed by atoms with Crippen LogP contribution in [0.4, 0.5) is 39.5 Å². The highest BCUT2D eigenvalue weighted by Crippen LogP contribution is 2.61. The molecule has 0 radical (unpaired) electrons. The summed E-state index contributed by atoms with van der Waals surface area (Å²) in [5, 5.41) is 0. The maximum Gasteiger partial charge on any atom is 0.385 e. The molecule has 1 unspecified atom stereocenters. The number of hydrogen-bond acceptors (Lipinski definition) is 3. The smallest absolute Gasteiger partial charge is 0.385 e. The van der Waals surface area contributed by atoms with Crippen molar-refractivity contribution in [1.29, 1.82) is 0 Å². The summed E-state index contributed by atoms with van der Waals surface area (Å²) in [5.41, 5.74) is 0. The van der Waals surface area contributed by atoms with E-state index in [0.717, 1.165) is 6.92 Å². The lowest BCUT2D eigenvalue weighted by molar-refractivity contribution is -0.391. The molecule has 1 aliphatic carbocycles. The summed E-state index contributed by atoms with van der Waals surface area (Å²) in [4.78, 5) is 10.3. The van der Waals surface area contributed by atoms with Crippen LogP contribution in [0, 0.1) is 0 Å². The van der Waals surface area contributed by atoms with Gasteiger partial charge in [0.25, 0.3) is 0 Å². The van der Waals surface area contributed by atoms with Gasteiger partial charge in [0.1, 0.15) is 6.61 Å². The van der Waals surface area contributed by atoms with Gasteiger partial charge >= 0.3 is 29.6 Å². The number of esters is 1. The number of rotatable bonds is 4. The molecule has 0 aromatic heterocycles. The summed E-state index contributed by atoms with van der Waals surface area (Å²) < 4.78 is 125. The number of allylic oxidation sites excluding steroid dienone is 1. The first-order chi connectivity index (χ1) is 9.73. The second kappa shape index (κ2) is 5.32. The Balaban J connectivity index is 3.21. The molecule has 0 saturated heterocycles. The fourth-order valence-corrected chi connectivity index (χ4v) is 1.48. The Labute approximate surface area is 116 Å². The van der Waals surface area contributed by atoms with Crippen LogP contribution in [0.5, 0.6) is 0 Å². The van der Waals surface area contributed by atoms with Gasteiger partial charge in [-0.1, -0.05) is 0 Å². The molecule has 0 aromatic carbocycles. The Bertz CT molecular complexity index is 502. The maximum atomic E-state index is 13.8. The van der Waals surface area contributed by atoms with E-state index < -0.39 is 54.5 Å². The van der Waals surface area contributed by atoms with Crippen molar-refractivity contribution >= 4 is 5.97 Å². The first kappa shape index (κ1) is 18.6. The van der Waals surface area contributed by atoms with Crippen LogP contribution in [0.3, 0.4) is 0 Å².